The van der Waals surface area contributed by atoms with E-state index >= 15 is 0 Å². The van der Waals surface area contributed by atoms with Crippen molar-refractivity contribution in [2.45, 2.75) is 26.4 Å². The van der Waals surface area contributed by atoms with Gasteiger partial charge in [0.1, 0.15) is 0 Å². The molecular formula is C16H22N2O. The van der Waals surface area contributed by atoms with E-state index in [1.165, 1.54) is 22.3 Å². The van der Waals surface area contributed by atoms with Gasteiger partial charge < -0.3 is 10.2 Å². The van der Waals surface area contributed by atoms with Gasteiger partial charge in [-0.1, -0.05) is 23.8 Å². The molecule has 2 aromatic rings. The topological polar surface area (TPSA) is 42.4 Å². The Kier molecular flexibility index (Phi) is 4.40. The van der Waals surface area contributed by atoms with E-state index in [0.717, 1.165) is 6.54 Å². The molecule has 102 valence electrons. The summed E-state index contributed by atoms with van der Waals surface area (Å²) in [6.45, 7) is 5.71. The molecule has 1 atom stereocenters. The zero-order valence-electron chi connectivity index (χ0n) is 11.9. The second-order valence-corrected chi connectivity index (χ2v) is 5.16. The highest BCUT2D eigenvalue weighted by Crippen LogP contribution is 2.24. The zero-order valence-corrected chi connectivity index (χ0v) is 11.9. The molecule has 0 spiro atoms. The highest BCUT2D eigenvalue weighted by molar-refractivity contribution is 5.33. The van der Waals surface area contributed by atoms with Gasteiger partial charge in [0.25, 0.3) is 0 Å². The predicted molar refractivity (Wildman–Crippen MR) is 77.9 cm³/mol. The fraction of sp³-hybridized carbons (Fsp3) is 0.375. The van der Waals surface area contributed by atoms with Crippen molar-refractivity contribution < 1.29 is 4.42 Å². The molecule has 0 aliphatic rings. The largest absolute Gasteiger partial charge is 0.472 e. The molecule has 0 fully saturated rings. The Bertz CT molecular complexity index is 520. The molecule has 3 nitrogen and oxygen atoms in total. The van der Waals surface area contributed by atoms with Crippen LogP contribution in [0.1, 0.15) is 28.3 Å². The lowest BCUT2D eigenvalue weighted by molar-refractivity contribution is 0.240. The van der Waals surface area contributed by atoms with Gasteiger partial charge in [0.15, 0.2) is 0 Å². The lowest BCUT2D eigenvalue weighted by Gasteiger charge is -2.28. The molecule has 19 heavy (non-hydrogen) atoms. The Hall–Kier alpha value is -1.58. The second-order valence-electron chi connectivity index (χ2n) is 5.16. The van der Waals surface area contributed by atoms with Crippen LogP contribution in [0.25, 0.3) is 0 Å². The van der Waals surface area contributed by atoms with Crippen LogP contribution >= 0.6 is 0 Å². The number of benzene rings is 1. The van der Waals surface area contributed by atoms with Crippen LogP contribution in [0.5, 0.6) is 0 Å². The average Bonchev–Trinajstić information content (AvgIpc) is 2.87. The molecular weight excluding hydrogens is 236 g/mol. The summed E-state index contributed by atoms with van der Waals surface area (Å²) in [5, 5.41) is 0. The summed E-state index contributed by atoms with van der Waals surface area (Å²) in [5.41, 5.74) is 11.0. The third-order valence-corrected chi connectivity index (χ3v) is 3.56. The minimum atomic E-state index is 0.231. The molecule has 0 amide bonds. The van der Waals surface area contributed by atoms with E-state index in [1.54, 1.807) is 12.5 Å². The van der Waals surface area contributed by atoms with Gasteiger partial charge in [-0.3, -0.25) is 4.90 Å². The van der Waals surface area contributed by atoms with Crippen LogP contribution in [0.15, 0.2) is 41.2 Å². The Morgan fingerprint density at radius 3 is 2.68 bits per heavy atom. The van der Waals surface area contributed by atoms with E-state index in [-0.39, 0.29) is 6.04 Å². The highest BCUT2D eigenvalue weighted by atomic mass is 16.3. The van der Waals surface area contributed by atoms with Crippen LogP contribution in [-0.2, 0) is 6.54 Å². The van der Waals surface area contributed by atoms with Gasteiger partial charge in [0.05, 0.1) is 12.5 Å². The van der Waals surface area contributed by atoms with Crippen LogP contribution in [0, 0.1) is 13.8 Å². The smallest absolute Gasteiger partial charge is 0.0947 e. The molecule has 1 unspecified atom stereocenters. The number of nitrogens with two attached hydrogens (primary N) is 1. The van der Waals surface area contributed by atoms with Gasteiger partial charge >= 0.3 is 0 Å². The summed E-state index contributed by atoms with van der Waals surface area (Å²) in [5.74, 6) is 0. The first kappa shape index (κ1) is 13.8. The number of furan rings is 1. The fourth-order valence-corrected chi connectivity index (χ4v) is 2.44. The number of hydrogen-bond donors (Lipinski definition) is 1. The first-order valence-corrected chi connectivity index (χ1v) is 6.60. The molecule has 3 heteroatoms. The van der Waals surface area contributed by atoms with Crippen molar-refractivity contribution in [3.05, 3.63) is 59.0 Å². The number of likely N-dealkylation sites (N-methyl/N-ethyl adjacent to an activating group) is 1. The maximum atomic E-state index is 5.99. The quantitative estimate of drug-likeness (QED) is 0.896. The number of hydrogen-bond acceptors (Lipinski definition) is 3. The minimum absolute atomic E-state index is 0.231. The van der Waals surface area contributed by atoms with Gasteiger partial charge in [-0.15, -0.1) is 0 Å². The molecule has 1 aromatic carbocycles. The van der Waals surface area contributed by atoms with Crippen molar-refractivity contribution >= 4 is 0 Å². The first-order valence-electron chi connectivity index (χ1n) is 6.60. The standard InChI is InChI=1S/C16H22N2O/c1-12-4-5-13(2)15(8-12)16(9-17)18(3)10-14-6-7-19-11-14/h4-8,11,16H,9-10,17H2,1-3H3. The molecule has 0 bridgehead atoms. The Morgan fingerprint density at radius 1 is 1.26 bits per heavy atom. The predicted octanol–water partition coefficient (Wildman–Crippen LogP) is 3.03. The summed E-state index contributed by atoms with van der Waals surface area (Å²) < 4.78 is 5.12. The van der Waals surface area contributed by atoms with Crippen molar-refractivity contribution in [3.63, 3.8) is 0 Å². The molecule has 0 aliphatic heterocycles. The molecule has 1 heterocycles. The van der Waals surface area contributed by atoms with E-state index in [9.17, 15) is 0 Å². The lowest BCUT2D eigenvalue weighted by Crippen LogP contribution is -2.30. The summed E-state index contributed by atoms with van der Waals surface area (Å²) in [4.78, 5) is 2.27. The molecule has 2 rings (SSSR count). The van der Waals surface area contributed by atoms with E-state index < -0.39 is 0 Å². The van der Waals surface area contributed by atoms with Gasteiger partial charge in [-0.05, 0) is 38.1 Å². The Morgan fingerprint density at radius 2 is 2.05 bits per heavy atom. The van der Waals surface area contributed by atoms with Gasteiger partial charge in [0, 0.05) is 24.7 Å². The summed E-state index contributed by atoms with van der Waals surface area (Å²) in [6, 6.07) is 8.77. The maximum absolute atomic E-state index is 5.99. The lowest BCUT2D eigenvalue weighted by atomic mass is 9.98. The summed E-state index contributed by atoms with van der Waals surface area (Å²) >= 11 is 0. The zero-order chi connectivity index (χ0) is 13.8. The van der Waals surface area contributed by atoms with Crippen LogP contribution in [0.4, 0.5) is 0 Å². The summed E-state index contributed by atoms with van der Waals surface area (Å²) in [7, 11) is 2.10. The summed E-state index contributed by atoms with van der Waals surface area (Å²) in [6.07, 6.45) is 3.49. The Balaban J connectivity index is 2.21. The van der Waals surface area contributed by atoms with Gasteiger partial charge in [-0.25, -0.2) is 0 Å². The van der Waals surface area contributed by atoms with Crippen LogP contribution in [0.3, 0.4) is 0 Å². The SMILES string of the molecule is Cc1ccc(C)c(C(CN)N(C)Cc2ccoc2)c1. The van der Waals surface area contributed by atoms with Crippen molar-refractivity contribution in [2.75, 3.05) is 13.6 Å². The first-order chi connectivity index (χ1) is 9.11. The number of aryl methyl sites for hydroxylation is 2. The monoisotopic (exact) mass is 258 g/mol. The minimum Gasteiger partial charge on any atom is -0.472 e. The maximum Gasteiger partial charge on any atom is 0.0947 e. The van der Waals surface area contributed by atoms with Crippen LogP contribution < -0.4 is 5.73 Å². The highest BCUT2D eigenvalue weighted by Gasteiger charge is 2.18. The number of nitrogens with zero attached hydrogens (tertiary/aromatic N) is 1. The normalized spacial score (nSPS) is 12.9. The molecule has 1 aromatic heterocycles. The molecule has 0 radical (unpaired) electrons. The molecule has 0 saturated carbocycles. The Labute approximate surface area is 115 Å². The van der Waals surface area contributed by atoms with Gasteiger partial charge in [0.2, 0.25) is 0 Å². The molecule has 0 aliphatic carbocycles. The van der Waals surface area contributed by atoms with Crippen LogP contribution in [-0.4, -0.2) is 18.5 Å². The second kappa shape index (κ2) is 6.04. The third kappa shape index (κ3) is 3.25. The number of rotatable bonds is 5. The third-order valence-electron chi connectivity index (χ3n) is 3.56. The fourth-order valence-electron chi connectivity index (χ4n) is 2.44. The van der Waals surface area contributed by atoms with Crippen molar-refractivity contribution in [1.82, 2.24) is 4.90 Å². The molecule has 2 N–H and O–H groups in total. The van der Waals surface area contributed by atoms with E-state index in [4.69, 9.17) is 10.2 Å². The average molecular weight is 258 g/mol. The van der Waals surface area contributed by atoms with E-state index in [0.29, 0.717) is 6.54 Å². The molecule has 0 saturated heterocycles. The van der Waals surface area contributed by atoms with E-state index in [1.807, 2.05) is 6.07 Å². The van der Waals surface area contributed by atoms with Crippen LogP contribution in [0.2, 0.25) is 0 Å². The van der Waals surface area contributed by atoms with Crippen molar-refractivity contribution in [2.24, 2.45) is 5.73 Å². The van der Waals surface area contributed by atoms with E-state index in [2.05, 4.69) is 44.0 Å². The van der Waals surface area contributed by atoms with Gasteiger partial charge in [-0.2, -0.15) is 0 Å². The van der Waals surface area contributed by atoms with Crippen molar-refractivity contribution in [1.29, 1.82) is 0 Å². The van der Waals surface area contributed by atoms with Crippen molar-refractivity contribution in [3.8, 4) is 0 Å².